The van der Waals surface area contributed by atoms with E-state index in [9.17, 15) is 18.5 Å². The first-order valence-corrected chi connectivity index (χ1v) is 11.9. The van der Waals surface area contributed by atoms with Gasteiger partial charge >= 0.3 is 0 Å². The maximum Gasteiger partial charge on any atom is 0.293 e. The highest BCUT2D eigenvalue weighted by atomic mass is 32.2. The molecule has 10 heteroatoms. The molecule has 1 saturated heterocycles. The van der Waals surface area contributed by atoms with Crippen molar-refractivity contribution in [3.05, 3.63) is 82.4 Å². The van der Waals surface area contributed by atoms with E-state index < -0.39 is 14.9 Å². The number of benzene rings is 2. The Morgan fingerprint density at radius 1 is 1.03 bits per heavy atom. The fourth-order valence-corrected chi connectivity index (χ4v) is 5.32. The maximum atomic E-state index is 12.9. The number of piperidine rings is 1. The Morgan fingerprint density at radius 2 is 1.75 bits per heavy atom. The van der Waals surface area contributed by atoms with Gasteiger partial charge in [0.05, 0.1) is 16.1 Å². The monoisotopic (exact) mass is 455 g/mol. The molecule has 168 valence electrons. The minimum Gasteiger partial charge on any atom is -0.375 e. The summed E-state index contributed by atoms with van der Waals surface area (Å²) in [6.45, 7) is 2.00. The third-order valence-electron chi connectivity index (χ3n) is 5.55. The van der Waals surface area contributed by atoms with E-state index in [0.717, 1.165) is 36.5 Å². The summed E-state index contributed by atoms with van der Waals surface area (Å²) in [5.41, 5.74) is 2.11. The first-order chi connectivity index (χ1) is 15.4. The molecule has 4 rings (SSSR count). The number of nitro benzene ring substituents is 1. The summed E-state index contributed by atoms with van der Waals surface area (Å²) >= 11 is 0. The van der Waals surface area contributed by atoms with Crippen molar-refractivity contribution in [1.29, 1.82) is 0 Å². The standard InChI is InChI=1S/C22H25N5O4S/c28-27(29)22-14-20(32(30,31)26-11-2-1-3-12-26)8-9-21(22)24-15-18-4-6-19(7-5-18)16-25-13-10-23-17-25/h4-10,13-14,17,24H,1-3,11-12,15-16H2. The summed E-state index contributed by atoms with van der Waals surface area (Å²) in [4.78, 5) is 15.1. The van der Waals surface area contributed by atoms with Gasteiger partial charge in [-0.2, -0.15) is 4.31 Å². The number of hydrogen-bond donors (Lipinski definition) is 1. The molecule has 1 fully saturated rings. The SMILES string of the molecule is O=[N+]([O-])c1cc(S(=O)(=O)N2CCCCC2)ccc1NCc1ccc(Cn2ccnc2)cc1. The van der Waals surface area contributed by atoms with Crippen LogP contribution >= 0.6 is 0 Å². The molecule has 1 aliphatic heterocycles. The van der Waals surface area contributed by atoms with Crippen molar-refractivity contribution < 1.29 is 13.3 Å². The number of nitrogens with one attached hydrogen (secondary N) is 1. The second-order valence-electron chi connectivity index (χ2n) is 7.81. The smallest absolute Gasteiger partial charge is 0.293 e. The quantitative estimate of drug-likeness (QED) is 0.410. The normalized spacial score (nSPS) is 14.9. The molecular formula is C22H25N5O4S. The van der Waals surface area contributed by atoms with Crippen molar-refractivity contribution in [3.63, 3.8) is 0 Å². The predicted molar refractivity (Wildman–Crippen MR) is 121 cm³/mol. The van der Waals surface area contributed by atoms with Crippen LogP contribution in [0.3, 0.4) is 0 Å². The van der Waals surface area contributed by atoms with Gasteiger partial charge in [0, 0.05) is 44.6 Å². The van der Waals surface area contributed by atoms with E-state index in [4.69, 9.17) is 0 Å². The number of rotatable bonds is 8. The van der Waals surface area contributed by atoms with Crippen molar-refractivity contribution in [1.82, 2.24) is 13.9 Å². The Labute approximate surface area is 186 Å². The van der Waals surface area contributed by atoms with Crippen LogP contribution in [0, 0.1) is 10.1 Å². The molecular weight excluding hydrogens is 430 g/mol. The first kappa shape index (κ1) is 22.0. The van der Waals surface area contributed by atoms with E-state index >= 15 is 0 Å². The Balaban J connectivity index is 1.47. The van der Waals surface area contributed by atoms with E-state index in [1.165, 1.54) is 16.4 Å². The summed E-state index contributed by atoms with van der Waals surface area (Å²) in [5.74, 6) is 0. The molecule has 0 bridgehead atoms. The summed E-state index contributed by atoms with van der Waals surface area (Å²) in [7, 11) is -3.73. The fraction of sp³-hybridized carbons (Fsp3) is 0.318. The molecule has 0 atom stereocenters. The lowest BCUT2D eigenvalue weighted by atomic mass is 10.1. The highest BCUT2D eigenvalue weighted by Gasteiger charge is 2.28. The summed E-state index contributed by atoms with van der Waals surface area (Å²) in [6, 6.07) is 12.0. The van der Waals surface area contributed by atoms with Gasteiger partial charge in [0.25, 0.3) is 5.69 Å². The van der Waals surface area contributed by atoms with Crippen LogP contribution in [0.1, 0.15) is 30.4 Å². The van der Waals surface area contributed by atoms with Crippen LogP contribution < -0.4 is 5.32 Å². The van der Waals surface area contributed by atoms with Crippen LogP contribution in [0.2, 0.25) is 0 Å². The van der Waals surface area contributed by atoms with Crippen LogP contribution in [0.4, 0.5) is 11.4 Å². The van der Waals surface area contributed by atoms with Gasteiger partial charge in [-0.05, 0) is 36.1 Å². The number of anilines is 1. The number of nitro groups is 1. The third-order valence-corrected chi connectivity index (χ3v) is 7.44. The van der Waals surface area contributed by atoms with E-state index in [1.54, 1.807) is 12.5 Å². The van der Waals surface area contributed by atoms with E-state index in [1.807, 2.05) is 35.0 Å². The molecule has 2 heterocycles. The lowest BCUT2D eigenvalue weighted by molar-refractivity contribution is -0.384. The molecule has 0 aliphatic carbocycles. The number of sulfonamides is 1. The van der Waals surface area contributed by atoms with Gasteiger partial charge in [-0.3, -0.25) is 10.1 Å². The van der Waals surface area contributed by atoms with Crippen LogP contribution in [0.5, 0.6) is 0 Å². The van der Waals surface area contributed by atoms with Gasteiger partial charge in [0.1, 0.15) is 5.69 Å². The Bertz CT molecular complexity index is 1170. The molecule has 0 saturated carbocycles. The Morgan fingerprint density at radius 3 is 2.41 bits per heavy atom. The summed E-state index contributed by atoms with van der Waals surface area (Å²) in [6.07, 6.45) is 7.99. The third kappa shape index (κ3) is 4.97. The van der Waals surface area contributed by atoms with Crippen LogP contribution in [-0.2, 0) is 23.1 Å². The maximum absolute atomic E-state index is 12.9. The van der Waals surface area contributed by atoms with Gasteiger partial charge in [0.2, 0.25) is 10.0 Å². The molecule has 32 heavy (non-hydrogen) atoms. The van der Waals surface area contributed by atoms with Crippen molar-refractivity contribution in [3.8, 4) is 0 Å². The Kier molecular flexibility index (Phi) is 6.52. The van der Waals surface area contributed by atoms with Gasteiger partial charge in [0.15, 0.2) is 0 Å². The number of imidazole rings is 1. The summed E-state index contributed by atoms with van der Waals surface area (Å²) < 4.78 is 29.1. The molecule has 1 aromatic heterocycles. The van der Waals surface area contributed by atoms with Crippen molar-refractivity contribution >= 4 is 21.4 Å². The lowest BCUT2D eigenvalue weighted by Gasteiger charge is -2.25. The molecule has 0 radical (unpaired) electrons. The average Bonchev–Trinajstić information content (AvgIpc) is 3.32. The van der Waals surface area contributed by atoms with Gasteiger partial charge in [-0.15, -0.1) is 0 Å². The second kappa shape index (κ2) is 9.49. The van der Waals surface area contributed by atoms with Crippen molar-refractivity contribution in [2.45, 2.75) is 37.2 Å². The van der Waals surface area contributed by atoms with Crippen molar-refractivity contribution in [2.24, 2.45) is 0 Å². The van der Waals surface area contributed by atoms with E-state index in [0.29, 0.717) is 26.2 Å². The largest absolute Gasteiger partial charge is 0.375 e. The van der Waals surface area contributed by atoms with Crippen molar-refractivity contribution in [2.75, 3.05) is 18.4 Å². The minimum atomic E-state index is -3.73. The second-order valence-corrected chi connectivity index (χ2v) is 9.74. The molecule has 0 unspecified atom stereocenters. The molecule has 1 N–H and O–H groups in total. The highest BCUT2D eigenvalue weighted by molar-refractivity contribution is 7.89. The van der Waals surface area contributed by atoms with Gasteiger partial charge in [-0.25, -0.2) is 13.4 Å². The molecule has 9 nitrogen and oxygen atoms in total. The first-order valence-electron chi connectivity index (χ1n) is 10.5. The number of aromatic nitrogens is 2. The fourth-order valence-electron chi connectivity index (χ4n) is 3.78. The zero-order valence-electron chi connectivity index (χ0n) is 17.6. The van der Waals surface area contributed by atoms with Crippen LogP contribution in [0.15, 0.2) is 66.1 Å². The highest BCUT2D eigenvalue weighted by Crippen LogP contribution is 2.30. The number of nitrogens with zero attached hydrogens (tertiary/aromatic N) is 4. The molecule has 1 aliphatic rings. The minimum absolute atomic E-state index is 0.0412. The molecule has 3 aromatic rings. The topological polar surface area (TPSA) is 110 Å². The average molecular weight is 456 g/mol. The van der Waals surface area contributed by atoms with Gasteiger partial charge in [-0.1, -0.05) is 30.7 Å². The summed E-state index contributed by atoms with van der Waals surface area (Å²) in [5, 5.41) is 14.7. The predicted octanol–water partition coefficient (Wildman–Crippen LogP) is 3.63. The molecule has 0 amide bonds. The van der Waals surface area contributed by atoms with Gasteiger partial charge < -0.3 is 9.88 Å². The molecule has 0 spiro atoms. The van der Waals surface area contributed by atoms with Crippen LogP contribution in [-0.4, -0.2) is 40.3 Å². The Hall–Kier alpha value is -3.24. The van der Waals surface area contributed by atoms with E-state index in [-0.39, 0.29) is 16.3 Å². The molecule has 2 aromatic carbocycles. The lowest BCUT2D eigenvalue weighted by Crippen LogP contribution is -2.35. The van der Waals surface area contributed by atoms with Crippen LogP contribution in [0.25, 0.3) is 0 Å². The van der Waals surface area contributed by atoms with E-state index in [2.05, 4.69) is 10.3 Å². The number of hydrogen-bond acceptors (Lipinski definition) is 6. The zero-order chi connectivity index (χ0) is 22.6. The zero-order valence-corrected chi connectivity index (χ0v) is 18.4.